The Morgan fingerprint density at radius 3 is 1.89 bits per heavy atom. The predicted octanol–water partition coefficient (Wildman–Crippen LogP) is 7.63. The smallest absolute Gasteiger partial charge is 0.311 e. The van der Waals surface area contributed by atoms with Crippen LogP contribution in [0.3, 0.4) is 0 Å². The molecule has 27 heavy (non-hydrogen) atoms. The fraction of sp³-hybridized carbons (Fsp3) is 0.625. The first-order valence-corrected chi connectivity index (χ1v) is 10.7. The summed E-state index contributed by atoms with van der Waals surface area (Å²) in [5, 5.41) is 0. The van der Waals surface area contributed by atoms with Gasteiger partial charge in [0.05, 0.1) is 0 Å². The summed E-state index contributed by atoms with van der Waals surface area (Å²) in [5.41, 5.74) is 0. The summed E-state index contributed by atoms with van der Waals surface area (Å²) in [4.78, 5) is 11.7. The number of hydrogen-bond donors (Lipinski definition) is 0. The third-order valence-electron chi connectivity index (χ3n) is 4.62. The summed E-state index contributed by atoms with van der Waals surface area (Å²) < 4.78 is 5.29. The molecule has 0 aromatic heterocycles. The van der Waals surface area contributed by atoms with Crippen molar-refractivity contribution in [2.24, 2.45) is 0 Å². The molecule has 0 aliphatic carbocycles. The molecule has 0 bridgehead atoms. The van der Waals surface area contributed by atoms with Crippen molar-refractivity contribution in [3.8, 4) is 5.75 Å². The molecule has 0 aliphatic heterocycles. The number of para-hydroxylation sites is 1. The molecule has 1 rings (SSSR count). The maximum Gasteiger partial charge on any atom is 0.311 e. The third kappa shape index (κ3) is 17.2. The van der Waals surface area contributed by atoms with E-state index in [1.807, 2.05) is 30.3 Å². The zero-order valence-electron chi connectivity index (χ0n) is 17.5. The van der Waals surface area contributed by atoms with E-state index >= 15 is 0 Å². The SMILES string of the molecule is CCCCCCCCC=CCCCCCCCC(=O)Oc1ccccc1.[Hg]. The van der Waals surface area contributed by atoms with Gasteiger partial charge in [-0.15, -0.1) is 0 Å². The van der Waals surface area contributed by atoms with E-state index in [1.54, 1.807) is 0 Å². The Balaban J connectivity index is 0.00000676. The Labute approximate surface area is 187 Å². The van der Waals surface area contributed by atoms with Gasteiger partial charge >= 0.3 is 5.97 Å². The van der Waals surface area contributed by atoms with Crippen molar-refractivity contribution >= 4 is 5.97 Å². The molecule has 0 radical (unpaired) electrons. The predicted molar refractivity (Wildman–Crippen MR) is 112 cm³/mol. The molecule has 0 unspecified atom stereocenters. The van der Waals surface area contributed by atoms with Crippen molar-refractivity contribution in [1.29, 1.82) is 0 Å². The Hall–Kier alpha value is -0.635. The van der Waals surface area contributed by atoms with Gasteiger partial charge in [-0.2, -0.15) is 0 Å². The number of esters is 1. The van der Waals surface area contributed by atoms with Gasteiger partial charge in [0.1, 0.15) is 5.75 Å². The van der Waals surface area contributed by atoms with Gasteiger partial charge in [-0.3, -0.25) is 4.79 Å². The van der Waals surface area contributed by atoms with Crippen LogP contribution >= 0.6 is 0 Å². The number of carbonyl (C=O) groups excluding carboxylic acids is 1. The van der Waals surface area contributed by atoms with E-state index in [0.717, 1.165) is 12.8 Å². The Morgan fingerprint density at radius 1 is 0.778 bits per heavy atom. The third-order valence-corrected chi connectivity index (χ3v) is 4.62. The van der Waals surface area contributed by atoms with Crippen LogP contribution in [0.25, 0.3) is 0 Å². The molecule has 0 fully saturated rings. The van der Waals surface area contributed by atoms with Crippen LogP contribution < -0.4 is 4.74 Å². The van der Waals surface area contributed by atoms with Crippen LogP contribution in [0.4, 0.5) is 0 Å². The van der Waals surface area contributed by atoms with Gasteiger partial charge in [0.2, 0.25) is 0 Å². The zero-order chi connectivity index (χ0) is 18.7. The largest absolute Gasteiger partial charge is 0.427 e. The topological polar surface area (TPSA) is 26.3 Å². The Kier molecular flexibility index (Phi) is 19.6. The van der Waals surface area contributed by atoms with E-state index in [0.29, 0.717) is 12.2 Å². The fourth-order valence-corrected chi connectivity index (χ4v) is 3.01. The van der Waals surface area contributed by atoms with E-state index in [1.165, 1.54) is 70.6 Å². The number of allylic oxidation sites excluding steroid dienone is 2. The molecule has 3 heteroatoms. The number of hydrogen-bond acceptors (Lipinski definition) is 2. The summed E-state index contributed by atoms with van der Waals surface area (Å²) in [6, 6.07) is 9.31. The van der Waals surface area contributed by atoms with E-state index in [2.05, 4.69) is 19.1 Å². The van der Waals surface area contributed by atoms with Crippen molar-refractivity contribution in [2.45, 2.75) is 96.8 Å². The monoisotopic (exact) mass is 560 g/mol. The van der Waals surface area contributed by atoms with Crippen LogP contribution in [-0.4, -0.2) is 5.97 Å². The zero-order valence-corrected chi connectivity index (χ0v) is 23.0. The van der Waals surface area contributed by atoms with Gasteiger partial charge < -0.3 is 4.74 Å². The number of ether oxygens (including phenoxy) is 1. The fourth-order valence-electron chi connectivity index (χ4n) is 3.01. The van der Waals surface area contributed by atoms with Gasteiger partial charge in [-0.05, 0) is 44.2 Å². The standard InChI is InChI=1S/C24H38O2.Hg/c1-2-3-4-5-6-7-8-9-10-11-12-13-14-15-19-22-24(25)26-23-20-17-16-18-21-23;/h9-10,16-18,20-21H,2-8,11-15,19,22H2,1H3;. The minimum absolute atomic E-state index is 0. The minimum Gasteiger partial charge on any atom is -0.427 e. The average Bonchev–Trinajstić information content (AvgIpc) is 2.65. The van der Waals surface area contributed by atoms with Crippen LogP contribution in [0.2, 0.25) is 0 Å². The first kappa shape index (κ1) is 26.4. The summed E-state index contributed by atoms with van der Waals surface area (Å²) in [5.74, 6) is 0.527. The first-order chi connectivity index (χ1) is 12.8. The molecular formula is C24H38HgO2. The number of rotatable bonds is 16. The molecule has 0 spiro atoms. The molecule has 0 saturated heterocycles. The van der Waals surface area contributed by atoms with Gasteiger partial charge in [-0.25, -0.2) is 0 Å². The molecule has 148 valence electrons. The summed E-state index contributed by atoms with van der Waals surface area (Å²) in [7, 11) is 0. The maximum atomic E-state index is 11.7. The molecule has 2 nitrogen and oxygen atoms in total. The molecule has 0 N–H and O–H groups in total. The van der Waals surface area contributed by atoms with Gasteiger partial charge in [0, 0.05) is 34.1 Å². The van der Waals surface area contributed by atoms with E-state index in [-0.39, 0.29) is 33.6 Å². The van der Waals surface area contributed by atoms with E-state index in [9.17, 15) is 4.79 Å². The summed E-state index contributed by atoms with van der Waals surface area (Å²) in [6.07, 6.45) is 21.7. The normalized spacial score (nSPS) is 10.7. The number of unbranched alkanes of at least 4 members (excludes halogenated alkanes) is 11. The molecular weight excluding hydrogens is 521 g/mol. The second kappa shape index (κ2) is 20.1. The Morgan fingerprint density at radius 2 is 1.30 bits per heavy atom. The van der Waals surface area contributed by atoms with Crippen molar-refractivity contribution in [3.63, 3.8) is 0 Å². The molecule has 0 saturated carbocycles. The average molecular weight is 559 g/mol. The van der Waals surface area contributed by atoms with E-state index < -0.39 is 0 Å². The molecule has 0 aliphatic rings. The van der Waals surface area contributed by atoms with Crippen LogP contribution in [0, 0.1) is 0 Å². The van der Waals surface area contributed by atoms with Crippen LogP contribution in [0.15, 0.2) is 42.5 Å². The number of carbonyl (C=O) groups is 1. The Bertz CT molecular complexity index is 471. The summed E-state index contributed by atoms with van der Waals surface area (Å²) >= 11 is 0. The van der Waals surface area contributed by atoms with Crippen LogP contribution in [-0.2, 0) is 32.5 Å². The molecule has 0 amide bonds. The molecule has 1 aromatic carbocycles. The van der Waals surface area contributed by atoms with Crippen molar-refractivity contribution in [1.82, 2.24) is 0 Å². The quantitative estimate of drug-likeness (QED) is 0.0685. The maximum absolute atomic E-state index is 11.7. The van der Waals surface area contributed by atoms with Crippen molar-refractivity contribution < 1.29 is 37.2 Å². The van der Waals surface area contributed by atoms with Gasteiger partial charge in [0.25, 0.3) is 0 Å². The van der Waals surface area contributed by atoms with E-state index in [4.69, 9.17) is 4.74 Å². The molecule has 1 aromatic rings. The van der Waals surface area contributed by atoms with Crippen LogP contribution in [0.1, 0.15) is 96.8 Å². The van der Waals surface area contributed by atoms with Crippen molar-refractivity contribution in [3.05, 3.63) is 42.5 Å². The van der Waals surface area contributed by atoms with Gasteiger partial charge in [0.15, 0.2) is 0 Å². The summed E-state index contributed by atoms with van der Waals surface area (Å²) in [6.45, 7) is 2.27. The van der Waals surface area contributed by atoms with Crippen LogP contribution in [0.5, 0.6) is 5.75 Å². The molecule has 0 heterocycles. The second-order valence-corrected chi connectivity index (χ2v) is 7.12. The molecule has 0 atom stereocenters. The van der Waals surface area contributed by atoms with Gasteiger partial charge in [-0.1, -0.05) is 88.6 Å². The number of benzene rings is 1. The minimum atomic E-state index is -0.117. The second-order valence-electron chi connectivity index (χ2n) is 7.12. The van der Waals surface area contributed by atoms with Crippen molar-refractivity contribution in [2.75, 3.05) is 0 Å². The first-order valence-electron chi connectivity index (χ1n) is 10.7.